The first-order chi connectivity index (χ1) is 7.08. The lowest BCUT2D eigenvalue weighted by atomic mass is 10.2. The minimum atomic E-state index is -0.0536. The van der Waals surface area contributed by atoms with Gasteiger partial charge in [0, 0.05) is 23.1 Å². The summed E-state index contributed by atoms with van der Waals surface area (Å²) in [5.41, 5.74) is 5.55. The number of hydrogen-bond donors (Lipinski definition) is 2. The lowest BCUT2D eigenvalue weighted by Gasteiger charge is -2.05. The number of pyridine rings is 1. The Bertz CT molecular complexity index is 324. The van der Waals surface area contributed by atoms with Gasteiger partial charge in [-0.25, -0.2) is 4.98 Å². The maximum atomic E-state index is 11.4. The summed E-state index contributed by atoms with van der Waals surface area (Å²) < 4.78 is 0.885. The maximum Gasteiger partial charge on any atom is 0.225 e. The van der Waals surface area contributed by atoms with Crippen molar-refractivity contribution in [2.24, 2.45) is 5.73 Å². The van der Waals surface area contributed by atoms with Crippen molar-refractivity contribution >= 4 is 27.7 Å². The number of nitrogens with two attached hydrogens (primary N) is 1. The Labute approximate surface area is 97.4 Å². The predicted octanol–water partition coefficient (Wildman–Crippen LogP) is 1.91. The van der Waals surface area contributed by atoms with E-state index >= 15 is 0 Å². The minimum Gasteiger partial charge on any atom is -0.328 e. The molecule has 5 heteroatoms. The Morgan fingerprint density at radius 2 is 2.40 bits per heavy atom. The smallest absolute Gasteiger partial charge is 0.225 e. The van der Waals surface area contributed by atoms with E-state index in [4.69, 9.17) is 5.73 Å². The minimum absolute atomic E-state index is 0.0497. The number of amides is 1. The van der Waals surface area contributed by atoms with Crippen LogP contribution in [0.5, 0.6) is 0 Å². The van der Waals surface area contributed by atoms with Crippen LogP contribution in [0.2, 0.25) is 0 Å². The van der Waals surface area contributed by atoms with Crippen molar-refractivity contribution in [3.05, 3.63) is 22.8 Å². The van der Waals surface area contributed by atoms with Crippen LogP contribution in [0.25, 0.3) is 0 Å². The van der Waals surface area contributed by atoms with Crippen molar-refractivity contribution in [2.45, 2.75) is 25.8 Å². The summed E-state index contributed by atoms with van der Waals surface area (Å²) in [5.74, 6) is 0.509. The Balaban J connectivity index is 2.41. The molecular formula is C10H14BrN3O. The number of nitrogens with one attached hydrogen (secondary N) is 1. The van der Waals surface area contributed by atoms with Gasteiger partial charge in [0.2, 0.25) is 5.91 Å². The fourth-order valence-corrected chi connectivity index (χ4v) is 1.25. The molecule has 1 aromatic rings. The van der Waals surface area contributed by atoms with E-state index in [-0.39, 0.29) is 11.9 Å². The molecular weight excluding hydrogens is 258 g/mol. The van der Waals surface area contributed by atoms with Gasteiger partial charge in [-0.2, -0.15) is 0 Å². The first-order valence-electron chi connectivity index (χ1n) is 4.75. The fraction of sp³-hybridized carbons (Fsp3) is 0.400. The molecule has 4 nitrogen and oxygen atoms in total. The number of hydrogen-bond acceptors (Lipinski definition) is 3. The van der Waals surface area contributed by atoms with E-state index in [2.05, 4.69) is 26.2 Å². The number of carbonyl (C=O) groups is 1. The van der Waals surface area contributed by atoms with Gasteiger partial charge in [-0.3, -0.25) is 4.79 Å². The average Bonchev–Trinajstić information content (AvgIpc) is 2.19. The zero-order valence-electron chi connectivity index (χ0n) is 8.53. The maximum absolute atomic E-state index is 11.4. The highest BCUT2D eigenvalue weighted by Crippen LogP contribution is 2.10. The van der Waals surface area contributed by atoms with Gasteiger partial charge in [0.25, 0.3) is 0 Å². The molecule has 1 unspecified atom stereocenters. The van der Waals surface area contributed by atoms with E-state index in [1.165, 1.54) is 0 Å². The number of carbonyl (C=O) groups excluding carboxylic acids is 1. The second-order valence-corrected chi connectivity index (χ2v) is 4.34. The first-order valence-corrected chi connectivity index (χ1v) is 5.54. The molecule has 0 aliphatic rings. The van der Waals surface area contributed by atoms with Crippen LogP contribution in [0.15, 0.2) is 22.8 Å². The monoisotopic (exact) mass is 271 g/mol. The van der Waals surface area contributed by atoms with E-state index in [9.17, 15) is 4.79 Å². The molecule has 0 spiro atoms. The normalized spacial score (nSPS) is 12.2. The summed E-state index contributed by atoms with van der Waals surface area (Å²) in [5, 5.41) is 2.70. The molecule has 0 saturated carbocycles. The molecule has 1 rings (SSSR count). The lowest BCUT2D eigenvalue weighted by molar-refractivity contribution is -0.116. The molecule has 82 valence electrons. The zero-order chi connectivity index (χ0) is 11.3. The second kappa shape index (κ2) is 5.82. The van der Waals surface area contributed by atoms with E-state index in [1.807, 2.05) is 13.0 Å². The van der Waals surface area contributed by atoms with Crippen molar-refractivity contribution in [3.63, 3.8) is 0 Å². The van der Waals surface area contributed by atoms with Crippen LogP contribution in [-0.2, 0) is 4.79 Å². The molecule has 0 bridgehead atoms. The summed E-state index contributed by atoms with van der Waals surface area (Å²) >= 11 is 3.27. The Hall–Kier alpha value is -0.940. The molecule has 0 fully saturated rings. The van der Waals surface area contributed by atoms with Crippen LogP contribution in [0.4, 0.5) is 5.82 Å². The van der Waals surface area contributed by atoms with E-state index in [0.717, 1.165) is 4.47 Å². The van der Waals surface area contributed by atoms with Gasteiger partial charge in [0.1, 0.15) is 5.82 Å². The third kappa shape index (κ3) is 4.90. The number of aromatic nitrogens is 1. The summed E-state index contributed by atoms with van der Waals surface area (Å²) in [7, 11) is 0. The Kier molecular flexibility index (Phi) is 4.71. The quantitative estimate of drug-likeness (QED) is 0.879. The Morgan fingerprint density at radius 3 is 2.93 bits per heavy atom. The van der Waals surface area contributed by atoms with Gasteiger partial charge in [0.05, 0.1) is 0 Å². The number of nitrogens with zero attached hydrogens (tertiary/aromatic N) is 1. The molecule has 0 saturated heterocycles. The molecule has 15 heavy (non-hydrogen) atoms. The second-order valence-electron chi connectivity index (χ2n) is 3.43. The number of anilines is 1. The Morgan fingerprint density at radius 1 is 1.67 bits per heavy atom. The highest BCUT2D eigenvalue weighted by molar-refractivity contribution is 9.10. The predicted molar refractivity (Wildman–Crippen MR) is 63.5 cm³/mol. The van der Waals surface area contributed by atoms with Gasteiger partial charge < -0.3 is 11.1 Å². The van der Waals surface area contributed by atoms with Crippen molar-refractivity contribution in [1.29, 1.82) is 0 Å². The SMILES string of the molecule is CC(N)CCC(=O)Nc1ccc(Br)cn1. The average molecular weight is 272 g/mol. The molecule has 0 aliphatic heterocycles. The molecule has 0 radical (unpaired) electrons. The van der Waals surface area contributed by atoms with Gasteiger partial charge in [0.15, 0.2) is 0 Å². The van der Waals surface area contributed by atoms with Crippen molar-refractivity contribution < 1.29 is 4.79 Å². The molecule has 3 N–H and O–H groups in total. The molecule has 1 amide bonds. The lowest BCUT2D eigenvalue weighted by Crippen LogP contribution is -2.19. The van der Waals surface area contributed by atoms with Crippen molar-refractivity contribution in [3.8, 4) is 0 Å². The highest BCUT2D eigenvalue weighted by Gasteiger charge is 2.04. The molecule has 1 atom stereocenters. The third-order valence-electron chi connectivity index (χ3n) is 1.82. The van der Waals surface area contributed by atoms with Crippen molar-refractivity contribution in [1.82, 2.24) is 4.98 Å². The summed E-state index contributed by atoms with van der Waals surface area (Å²) in [4.78, 5) is 15.4. The molecule has 1 aromatic heterocycles. The first kappa shape index (κ1) is 12.1. The molecule has 0 aliphatic carbocycles. The van der Waals surface area contributed by atoms with Gasteiger partial charge in [-0.1, -0.05) is 0 Å². The molecule has 0 aromatic carbocycles. The zero-order valence-corrected chi connectivity index (χ0v) is 10.1. The summed E-state index contributed by atoms with van der Waals surface area (Å²) in [6.07, 6.45) is 2.75. The highest BCUT2D eigenvalue weighted by atomic mass is 79.9. The number of halogens is 1. The van der Waals surface area contributed by atoms with Crippen LogP contribution >= 0.6 is 15.9 Å². The van der Waals surface area contributed by atoms with E-state index < -0.39 is 0 Å². The van der Waals surface area contributed by atoms with Gasteiger partial charge in [-0.05, 0) is 41.4 Å². The summed E-state index contributed by atoms with van der Waals surface area (Å²) in [6.45, 7) is 1.88. The van der Waals surface area contributed by atoms with Crippen LogP contribution in [0.3, 0.4) is 0 Å². The number of rotatable bonds is 4. The van der Waals surface area contributed by atoms with Crippen LogP contribution in [-0.4, -0.2) is 16.9 Å². The van der Waals surface area contributed by atoms with Crippen LogP contribution < -0.4 is 11.1 Å². The molecule has 1 heterocycles. The van der Waals surface area contributed by atoms with Crippen LogP contribution in [0.1, 0.15) is 19.8 Å². The van der Waals surface area contributed by atoms with Gasteiger partial charge in [-0.15, -0.1) is 0 Å². The van der Waals surface area contributed by atoms with Gasteiger partial charge >= 0.3 is 0 Å². The summed E-state index contributed by atoms with van der Waals surface area (Å²) in [6, 6.07) is 3.62. The van der Waals surface area contributed by atoms with E-state index in [0.29, 0.717) is 18.7 Å². The topological polar surface area (TPSA) is 68.0 Å². The largest absolute Gasteiger partial charge is 0.328 e. The van der Waals surface area contributed by atoms with Crippen molar-refractivity contribution in [2.75, 3.05) is 5.32 Å². The van der Waals surface area contributed by atoms with E-state index in [1.54, 1.807) is 12.3 Å². The van der Waals surface area contributed by atoms with Crippen LogP contribution in [0, 0.1) is 0 Å². The standard InChI is InChI=1S/C10H14BrN3O/c1-7(12)2-5-10(15)14-9-4-3-8(11)6-13-9/h3-4,6-7H,2,5,12H2,1H3,(H,13,14,15). The fourth-order valence-electron chi connectivity index (χ4n) is 1.01. The third-order valence-corrected chi connectivity index (χ3v) is 2.29.